The minimum Gasteiger partial charge on any atom is -0.333 e. The number of hydrogen-bond acceptors (Lipinski definition) is 3. The molecule has 2 aromatic rings. The fraction of sp³-hybridized carbons (Fsp3) is 0.167. The fourth-order valence-corrected chi connectivity index (χ4v) is 2.61. The summed E-state index contributed by atoms with van der Waals surface area (Å²) in [5, 5.41) is 9.30. The normalized spacial score (nSPS) is 14.1. The molecule has 4 heteroatoms. The molecule has 108 valence electrons. The number of hydrogen-bond donors (Lipinski definition) is 0. The number of nitrogens with zero attached hydrogens (tertiary/aromatic N) is 3. The van der Waals surface area contributed by atoms with Crippen molar-refractivity contribution >= 4 is 12.0 Å². The van der Waals surface area contributed by atoms with Gasteiger partial charge in [-0.2, -0.15) is 5.26 Å². The summed E-state index contributed by atoms with van der Waals surface area (Å²) in [4.78, 5) is 18.2. The molecule has 0 fully saturated rings. The van der Waals surface area contributed by atoms with Crippen molar-refractivity contribution in [3.8, 4) is 6.07 Å². The van der Waals surface area contributed by atoms with Crippen LogP contribution in [0.4, 0.5) is 0 Å². The molecule has 2 heterocycles. The molecule has 0 atom stereocenters. The van der Waals surface area contributed by atoms with Gasteiger partial charge >= 0.3 is 0 Å². The van der Waals surface area contributed by atoms with E-state index in [1.807, 2.05) is 24.3 Å². The molecule has 1 aliphatic heterocycles. The fourth-order valence-electron chi connectivity index (χ4n) is 2.61. The van der Waals surface area contributed by atoms with Gasteiger partial charge in [0.2, 0.25) is 0 Å². The monoisotopic (exact) mass is 289 g/mol. The Hall–Kier alpha value is -2.93. The van der Waals surface area contributed by atoms with Crippen molar-refractivity contribution in [2.75, 3.05) is 6.54 Å². The first-order valence-corrected chi connectivity index (χ1v) is 7.16. The zero-order valence-corrected chi connectivity index (χ0v) is 12.1. The second-order valence-corrected chi connectivity index (χ2v) is 5.20. The summed E-state index contributed by atoms with van der Waals surface area (Å²) in [6, 6.07) is 13.7. The Morgan fingerprint density at radius 2 is 1.91 bits per heavy atom. The molecule has 4 nitrogen and oxygen atoms in total. The number of amides is 1. The quantitative estimate of drug-likeness (QED) is 0.630. The Kier molecular flexibility index (Phi) is 3.97. The first-order valence-electron chi connectivity index (χ1n) is 7.16. The lowest BCUT2D eigenvalue weighted by Crippen LogP contribution is -2.36. The van der Waals surface area contributed by atoms with Crippen LogP contribution in [0, 0.1) is 11.3 Å². The lowest BCUT2D eigenvalue weighted by atomic mass is 9.99. The van der Waals surface area contributed by atoms with Gasteiger partial charge in [-0.1, -0.05) is 24.3 Å². The van der Waals surface area contributed by atoms with Crippen molar-refractivity contribution in [3.63, 3.8) is 0 Å². The first-order chi connectivity index (χ1) is 10.8. The van der Waals surface area contributed by atoms with Crippen molar-refractivity contribution in [3.05, 3.63) is 71.1 Å². The molecular weight excluding hydrogens is 274 g/mol. The van der Waals surface area contributed by atoms with Crippen LogP contribution in [0.25, 0.3) is 6.08 Å². The smallest absolute Gasteiger partial charge is 0.264 e. The van der Waals surface area contributed by atoms with E-state index in [-0.39, 0.29) is 11.5 Å². The molecule has 3 rings (SSSR count). The Balaban J connectivity index is 1.82. The Morgan fingerprint density at radius 3 is 2.64 bits per heavy atom. The van der Waals surface area contributed by atoms with Gasteiger partial charge in [0.15, 0.2) is 0 Å². The van der Waals surface area contributed by atoms with E-state index in [2.05, 4.69) is 11.1 Å². The lowest BCUT2D eigenvalue weighted by Gasteiger charge is -2.28. The summed E-state index contributed by atoms with van der Waals surface area (Å²) >= 11 is 0. The van der Waals surface area contributed by atoms with Gasteiger partial charge in [0, 0.05) is 25.5 Å². The van der Waals surface area contributed by atoms with Crippen LogP contribution in [-0.2, 0) is 17.8 Å². The largest absolute Gasteiger partial charge is 0.333 e. The van der Waals surface area contributed by atoms with E-state index in [1.54, 1.807) is 35.5 Å². The molecule has 1 aliphatic rings. The van der Waals surface area contributed by atoms with Gasteiger partial charge in [0.1, 0.15) is 11.6 Å². The molecule has 0 bridgehead atoms. The van der Waals surface area contributed by atoms with Crippen molar-refractivity contribution < 1.29 is 4.79 Å². The molecule has 22 heavy (non-hydrogen) atoms. The molecule has 1 aromatic heterocycles. The Bertz CT molecular complexity index is 759. The van der Waals surface area contributed by atoms with Crippen LogP contribution in [0.1, 0.15) is 16.7 Å². The standard InChI is InChI=1S/C18H15N3O/c19-12-17(11-14-5-8-20-9-6-14)18(22)21-10-7-15-3-1-2-4-16(15)13-21/h1-6,8-9,11H,7,10,13H2/b17-11+. The molecule has 0 unspecified atom stereocenters. The van der Waals surface area contributed by atoms with Crippen LogP contribution in [0.5, 0.6) is 0 Å². The van der Waals surface area contributed by atoms with Gasteiger partial charge in [0.05, 0.1) is 0 Å². The maximum atomic E-state index is 12.6. The van der Waals surface area contributed by atoms with Gasteiger partial charge in [-0.05, 0) is 41.3 Å². The number of rotatable bonds is 2. The minimum absolute atomic E-state index is 0.158. The van der Waals surface area contributed by atoms with Gasteiger partial charge in [-0.25, -0.2) is 0 Å². The van der Waals surface area contributed by atoms with Crippen molar-refractivity contribution in [2.45, 2.75) is 13.0 Å². The average molecular weight is 289 g/mol. The van der Waals surface area contributed by atoms with E-state index in [1.165, 1.54) is 5.56 Å². The molecule has 0 saturated heterocycles. The summed E-state index contributed by atoms with van der Waals surface area (Å²) in [6.07, 6.45) is 5.73. The van der Waals surface area contributed by atoms with Crippen molar-refractivity contribution in [1.29, 1.82) is 5.26 Å². The summed E-state index contributed by atoms with van der Waals surface area (Å²) in [5.74, 6) is -0.214. The van der Waals surface area contributed by atoms with E-state index >= 15 is 0 Å². The Labute approximate surface area is 129 Å². The zero-order chi connectivity index (χ0) is 15.4. The number of nitriles is 1. The summed E-state index contributed by atoms with van der Waals surface area (Å²) < 4.78 is 0. The van der Waals surface area contributed by atoms with Crippen molar-refractivity contribution in [1.82, 2.24) is 9.88 Å². The minimum atomic E-state index is -0.214. The van der Waals surface area contributed by atoms with Gasteiger partial charge in [-0.15, -0.1) is 0 Å². The topological polar surface area (TPSA) is 57.0 Å². The number of carbonyl (C=O) groups excluding carboxylic acids is 1. The van der Waals surface area contributed by atoms with Gasteiger partial charge < -0.3 is 4.90 Å². The highest BCUT2D eigenvalue weighted by atomic mass is 16.2. The average Bonchev–Trinajstić information content (AvgIpc) is 2.59. The summed E-state index contributed by atoms with van der Waals surface area (Å²) in [6.45, 7) is 1.20. The summed E-state index contributed by atoms with van der Waals surface area (Å²) in [5.41, 5.74) is 3.40. The Morgan fingerprint density at radius 1 is 1.18 bits per heavy atom. The molecule has 1 aromatic carbocycles. The van der Waals surface area contributed by atoms with Crippen LogP contribution in [-0.4, -0.2) is 22.3 Å². The highest BCUT2D eigenvalue weighted by Crippen LogP contribution is 2.20. The van der Waals surface area contributed by atoms with E-state index in [0.29, 0.717) is 13.1 Å². The van der Waals surface area contributed by atoms with Gasteiger partial charge in [-0.3, -0.25) is 9.78 Å². The second kappa shape index (κ2) is 6.23. The highest BCUT2D eigenvalue weighted by Gasteiger charge is 2.23. The third-order valence-electron chi connectivity index (χ3n) is 3.79. The molecule has 0 saturated carbocycles. The van der Waals surface area contributed by atoms with E-state index < -0.39 is 0 Å². The molecule has 0 spiro atoms. The third kappa shape index (κ3) is 2.89. The number of aromatic nitrogens is 1. The van der Waals surface area contributed by atoms with Crippen LogP contribution >= 0.6 is 0 Å². The third-order valence-corrected chi connectivity index (χ3v) is 3.79. The van der Waals surface area contributed by atoms with E-state index in [9.17, 15) is 10.1 Å². The summed E-state index contributed by atoms with van der Waals surface area (Å²) in [7, 11) is 0. The molecular formula is C18H15N3O. The highest BCUT2D eigenvalue weighted by molar-refractivity contribution is 6.01. The molecule has 0 radical (unpaired) electrons. The SMILES string of the molecule is N#C/C(=C\c1ccncc1)C(=O)N1CCc2ccccc2C1. The number of fused-ring (bicyclic) bond motifs is 1. The second-order valence-electron chi connectivity index (χ2n) is 5.20. The number of benzene rings is 1. The predicted octanol–water partition coefficient (Wildman–Crippen LogP) is 2.57. The molecule has 0 aliphatic carbocycles. The van der Waals surface area contributed by atoms with Crippen LogP contribution in [0.3, 0.4) is 0 Å². The zero-order valence-electron chi connectivity index (χ0n) is 12.1. The van der Waals surface area contributed by atoms with E-state index in [4.69, 9.17) is 0 Å². The number of carbonyl (C=O) groups is 1. The predicted molar refractivity (Wildman–Crippen MR) is 83.4 cm³/mol. The molecule has 1 amide bonds. The van der Waals surface area contributed by atoms with Crippen LogP contribution < -0.4 is 0 Å². The van der Waals surface area contributed by atoms with Gasteiger partial charge in [0.25, 0.3) is 5.91 Å². The first kappa shape index (κ1) is 14.0. The van der Waals surface area contributed by atoms with Crippen LogP contribution in [0.15, 0.2) is 54.4 Å². The molecule has 0 N–H and O–H groups in total. The van der Waals surface area contributed by atoms with Crippen LogP contribution in [0.2, 0.25) is 0 Å². The van der Waals surface area contributed by atoms with Crippen molar-refractivity contribution in [2.24, 2.45) is 0 Å². The van der Waals surface area contributed by atoms with E-state index in [0.717, 1.165) is 17.5 Å². The maximum absolute atomic E-state index is 12.6. The maximum Gasteiger partial charge on any atom is 0.264 e. The lowest BCUT2D eigenvalue weighted by molar-refractivity contribution is -0.127. The number of pyridine rings is 1.